The lowest BCUT2D eigenvalue weighted by atomic mass is 9.97. The number of aromatic amines is 1. The molecule has 16 heavy (non-hydrogen) atoms. The van der Waals surface area contributed by atoms with Crippen LogP contribution in [0.25, 0.3) is 0 Å². The molecular formula is C9H11N5O2. The first-order valence-corrected chi connectivity index (χ1v) is 5.33. The van der Waals surface area contributed by atoms with E-state index in [1.165, 1.54) is 4.90 Å². The van der Waals surface area contributed by atoms with Crippen LogP contribution in [0.15, 0.2) is 0 Å². The molecule has 2 fully saturated rings. The standard InChI is InChI=1S/C9H11N5O2/c15-8-5-1-2-6(3-5)9(16)14(8)4-7-10-12-13-11-7/h5-6H,1-4H2,(H,10,11,12,13). The number of nitrogens with zero attached hydrogens (tertiary/aromatic N) is 4. The van der Waals surface area contributed by atoms with Gasteiger partial charge in [-0.2, -0.15) is 5.21 Å². The van der Waals surface area contributed by atoms with Crippen LogP contribution in [0.2, 0.25) is 0 Å². The fraction of sp³-hybridized carbons (Fsp3) is 0.667. The number of imide groups is 1. The van der Waals surface area contributed by atoms with Gasteiger partial charge in [-0.15, -0.1) is 10.2 Å². The Labute approximate surface area is 91.2 Å². The molecule has 1 saturated carbocycles. The Balaban J connectivity index is 1.83. The van der Waals surface area contributed by atoms with Gasteiger partial charge in [-0.25, -0.2) is 0 Å². The molecule has 2 atom stereocenters. The predicted octanol–water partition coefficient (Wildman–Crippen LogP) is -0.515. The lowest BCUT2D eigenvalue weighted by Crippen LogP contribution is -2.45. The van der Waals surface area contributed by atoms with Gasteiger partial charge in [-0.05, 0) is 19.3 Å². The fourth-order valence-electron chi connectivity index (χ4n) is 2.53. The summed E-state index contributed by atoms with van der Waals surface area (Å²) in [5.41, 5.74) is 0. The molecule has 2 unspecified atom stereocenters. The van der Waals surface area contributed by atoms with Gasteiger partial charge in [0.15, 0.2) is 5.82 Å². The van der Waals surface area contributed by atoms with E-state index in [1.54, 1.807) is 0 Å². The van der Waals surface area contributed by atoms with Gasteiger partial charge >= 0.3 is 0 Å². The van der Waals surface area contributed by atoms with Crippen LogP contribution in [0, 0.1) is 11.8 Å². The molecule has 1 aliphatic carbocycles. The first-order valence-electron chi connectivity index (χ1n) is 5.33. The number of likely N-dealkylation sites (tertiary alicyclic amines) is 1. The zero-order chi connectivity index (χ0) is 11.1. The minimum absolute atomic E-state index is 0.0228. The minimum atomic E-state index is -0.0800. The summed E-state index contributed by atoms with van der Waals surface area (Å²) in [5.74, 6) is 0.263. The van der Waals surface area contributed by atoms with Gasteiger partial charge in [-0.3, -0.25) is 14.5 Å². The number of piperidine rings is 1. The number of hydrogen-bond donors (Lipinski definition) is 1. The Kier molecular flexibility index (Phi) is 1.98. The van der Waals surface area contributed by atoms with Crippen molar-refractivity contribution in [2.45, 2.75) is 25.8 Å². The second-order valence-electron chi connectivity index (χ2n) is 4.30. The summed E-state index contributed by atoms with van der Waals surface area (Å²) in [5, 5.41) is 13.2. The van der Waals surface area contributed by atoms with E-state index in [9.17, 15) is 9.59 Å². The molecule has 0 aromatic carbocycles. The quantitative estimate of drug-likeness (QED) is 0.679. The van der Waals surface area contributed by atoms with Crippen LogP contribution in [-0.2, 0) is 16.1 Å². The second kappa shape index (κ2) is 3.36. The Morgan fingerprint density at radius 2 is 1.94 bits per heavy atom. The van der Waals surface area contributed by atoms with E-state index in [2.05, 4.69) is 20.6 Å². The average Bonchev–Trinajstić information content (AvgIpc) is 2.92. The highest BCUT2D eigenvalue weighted by atomic mass is 16.2. The molecule has 2 aliphatic rings. The van der Waals surface area contributed by atoms with E-state index in [4.69, 9.17) is 0 Å². The van der Waals surface area contributed by atoms with Crippen LogP contribution in [0.4, 0.5) is 0 Å². The Morgan fingerprint density at radius 1 is 1.25 bits per heavy atom. The number of hydrogen-bond acceptors (Lipinski definition) is 5. The normalized spacial score (nSPS) is 28.9. The number of fused-ring (bicyclic) bond motifs is 2. The van der Waals surface area contributed by atoms with Gasteiger partial charge in [0.2, 0.25) is 11.8 Å². The number of H-pyrrole nitrogens is 1. The Bertz CT molecular complexity index is 407. The molecular weight excluding hydrogens is 210 g/mol. The summed E-state index contributed by atoms with van der Waals surface area (Å²) >= 11 is 0. The van der Waals surface area contributed by atoms with E-state index < -0.39 is 0 Å². The van der Waals surface area contributed by atoms with Crippen LogP contribution < -0.4 is 0 Å². The van der Waals surface area contributed by atoms with Crippen LogP contribution in [0.1, 0.15) is 25.1 Å². The third kappa shape index (κ3) is 1.31. The van der Waals surface area contributed by atoms with Crippen LogP contribution in [0.3, 0.4) is 0 Å². The van der Waals surface area contributed by atoms with Crippen molar-refractivity contribution >= 4 is 11.8 Å². The van der Waals surface area contributed by atoms with E-state index in [0.29, 0.717) is 5.82 Å². The molecule has 1 aromatic heterocycles. The van der Waals surface area contributed by atoms with E-state index in [0.717, 1.165) is 19.3 Å². The van der Waals surface area contributed by atoms with Crippen molar-refractivity contribution in [1.29, 1.82) is 0 Å². The summed E-state index contributed by atoms with van der Waals surface area (Å²) in [4.78, 5) is 25.2. The van der Waals surface area contributed by atoms with Gasteiger partial charge in [0.1, 0.15) is 0 Å². The number of amides is 2. The molecule has 3 rings (SSSR count). The molecule has 1 N–H and O–H groups in total. The summed E-state index contributed by atoms with van der Waals surface area (Å²) < 4.78 is 0. The van der Waals surface area contributed by atoms with E-state index in [1.807, 2.05) is 0 Å². The molecule has 0 radical (unpaired) electrons. The zero-order valence-electron chi connectivity index (χ0n) is 8.59. The fourth-order valence-corrected chi connectivity index (χ4v) is 2.53. The molecule has 1 saturated heterocycles. The van der Waals surface area contributed by atoms with Gasteiger partial charge in [0, 0.05) is 11.8 Å². The highest BCUT2D eigenvalue weighted by molar-refractivity contribution is 6.00. The van der Waals surface area contributed by atoms with Gasteiger partial charge in [0.05, 0.1) is 6.54 Å². The summed E-state index contributed by atoms with van der Waals surface area (Å²) in [7, 11) is 0. The maximum atomic E-state index is 11.9. The lowest BCUT2D eigenvalue weighted by molar-refractivity contribution is -0.153. The van der Waals surface area contributed by atoms with Gasteiger partial charge < -0.3 is 0 Å². The monoisotopic (exact) mass is 221 g/mol. The Hall–Kier alpha value is -1.79. The van der Waals surface area contributed by atoms with Gasteiger partial charge in [0.25, 0.3) is 0 Å². The van der Waals surface area contributed by atoms with Crippen molar-refractivity contribution in [2.24, 2.45) is 11.8 Å². The highest BCUT2D eigenvalue weighted by Crippen LogP contribution is 2.38. The number of carbonyl (C=O) groups is 2. The minimum Gasteiger partial charge on any atom is -0.274 e. The van der Waals surface area contributed by atoms with Crippen molar-refractivity contribution < 1.29 is 9.59 Å². The van der Waals surface area contributed by atoms with Crippen LogP contribution in [-0.4, -0.2) is 37.3 Å². The highest BCUT2D eigenvalue weighted by Gasteiger charge is 2.45. The molecule has 0 spiro atoms. The third-order valence-electron chi connectivity index (χ3n) is 3.35. The molecule has 7 heteroatoms. The SMILES string of the molecule is O=C1C2CCC(C2)C(=O)N1Cc1nn[nH]n1. The van der Waals surface area contributed by atoms with E-state index in [-0.39, 0.29) is 30.2 Å². The molecule has 1 aliphatic heterocycles. The number of carbonyl (C=O) groups excluding carboxylic acids is 2. The average molecular weight is 221 g/mol. The third-order valence-corrected chi connectivity index (χ3v) is 3.35. The summed E-state index contributed by atoms with van der Waals surface area (Å²) in [6.45, 7) is 0.140. The lowest BCUT2D eigenvalue weighted by Gasteiger charge is -2.28. The maximum absolute atomic E-state index is 11.9. The van der Waals surface area contributed by atoms with Crippen molar-refractivity contribution in [3.63, 3.8) is 0 Å². The van der Waals surface area contributed by atoms with Gasteiger partial charge in [-0.1, -0.05) is 5.21 Å². The summed E-state index contributed by atoms with van der Waals surface area (Å²) in [6.07, 6.45) is 2.39. The van der Waals surface area contributed by atoms with Crippen molar-refractivity contribution in [3.8, 4) is 0 Å². The maximum Gasteiger partial charge on any atom is 0.232 e. The smallest absolute Gasteiger partial charge is 0.232 e. The molecule has 7 nitrogen and oxygen atoms in total. The first kappa shape index (κ1) is 9.44. The molecule has 2 amide bonds. The molecule has 84 valence electrons. The largest absolute Gasteiger partial charge is 0.274 e. The van der Waals surface area contributed by atoms with Crippen molar-refractivity contribution in [2.75, 3.05) is 0 Å². The number of rotatable bonds is 2. The Morgan fingerprint density at radius 3 is 2.50 bits per heavy atom. The summed E-state index contributed by atoms with van der Waals surface area (Å²) in [6, 6.07) is 0. The van der Waals surface area contributed by atoms with E-state index >= 15 is 0 Å². The molecule has 1 aromatic rings. The topological polar surface area (TPSA) is 91.8 Å². The number of tetrazole rings is 1. The second-order valence-corrected chi connectivity index (χ2v) is 4.30. The zero-order valence-corrected chi connectivity index (χ0v) is 8.59. The van der Waals surface area contributed by atoms with Crippen molar-refractivity contribution in [1.82, 2.24) is 25.5 Å². The molecule has 2 bridgehead atoms. The number of nitrogens with one attached hydrogen (secondary N) is 1. The van der Waals surface area contributed by atoms with Crippen molar-refractivity contribution in [3.05, 3.63) is 5.82 Å². The van der Waals surface area contributed by atoms with Crippen LogP contribution >= 0.6 is 0 Å². The number of aromatic nitrogens is 4. The first-order chi connectivity index (χ1) is 7.75. The predicted molar refractivity (Wildman–Crippen MR) is 50.6 cm³/mol. The van der Waals surface area contributed by atoms with Crippen LogP contribution in [0.5, 0.6) is 0 Å². The molecule has 2 heterocycles.